The molecule has 0 unspecified atom stereocenters. The van der Waals surface area contributed by atoms with Gasteiger partial charge in [-0.05, 0) is 17.5 Å². The van der Waals surface area contributed by atoms with E-state index < -0.39 is 27.8 Å². The normalized spacial score (nSPS) is 11.2. The van der Waals surface area contributed by atoms with E-state index in [9.17, 15) is 29.9 Å². The lowest BCUT2D eigenvalue weighted by Crippen LogP contribution is -2.31. The number of phenols is 1. The molecule has 0 bridgehead atoms. The van der Waals surface area contributed by atoms with Gasteiger partial charge in [0, 0.05) is 17.7 Å². The summed E-state index contributed by atoms with van der Waals surface area (Å²) < 4.78 is 0.945. The van der Waals surface area contributed by atoms with Crippen LogP contribution in [0.25, 0.3) is 16.5 Å². The van der Waals surface area contributed by atoms with Crippen molar-refractivity contribution in [3.8, 4) is 17.3 Å². The van der Waals surface area contributed by atoms with Crippen LogP contribution in [0.2, 0.25) is 0 Å². The average molecular weight is 418 g/mol. The molecule has 10 heteroatoms. The molecule has 4 aromatic rings. The number of H-pyrrole nitrogens is 1. The summed E-state index contributed by atoms with van der Waals surface area (Å²) in [6.45, 7) is 0. The summed E-state index contributed by atoms with van der Waals surface area (Å²) in [6, 6.07) is 15.6. The zero-order valence-corrected chi connectivity index (χ0v) is 15.7. The number of rotatable bonds is 4. The van der Waals surface area contributed by atoms with Crippen molar-refractivity contribution in [1.82, 2.24) is 9.55 Å². The topological polar surface area (TPSA) is 151 Å². The van der Waals surface area contributed by atoms with Crippen molar-refractivity contribution < 1.29 is 15.1 Å². The molecule has 3 aromatic carbocycles. The zero-order chi connectivity index (χ0) is 22.1. The van der Waals surface area contributed by atoms with Crippen molar-refractivity contribution in [2.75, 3.05) is 0 Å². The maximum Gasteiger partial charge on any atom is 0.335 e. The van der Waals surface area contributed by atoms with Crippen LogP contribution in [-0.4, -0.2) is 30.9 Å². The number of nitrogens with one attached hydrogen (secondary N) is 1. The number of hydrogen-bond donors (Lipinski definition) is 3. The summed E-state index contributed by atoms with van der Waals surface area (Å²) in [6.07, 6.45) is 0.968. The Kier molecular flexibility index (Phi) is 4.80. The van der Waals surface area contributed by atoms with Gasteiger partial charge in [-0.2, -0.15) is 0 Å². The van der Waals surface area contributed by atoms with E-state index in [-0.39, 0.29) is 16.9 Å². The second-order valence-electron chi connectivity index (χ2n) is 6.52. The number of hydrogen-bond acceptors (Lipinski definition) is 7. The van der Waals surface area contributed by atoms with Gasteiger partial charge in [-0.1, -0.05) is 36.4 Å². The van der Waals surface area contributed by atoms with E-state index >= 15 is 0 Å². The Hall–Kier alpha value is -4.73. The number of phenolic OH excluding ortho intramolecular Hbond substituents is 1. The quantitative estimate of drug-likeness (QED) is 0.263. The van der Waals surface area contributed by atoms with Gasteiger partial charge in [-0.25, -0.2) is 9.36 Å². The molecule has 0 radical (unpaired) electrons. The molecular weight excluding hydrogens is 404 g/mol. The number of nitro groups is 1. The minimum absolute atomic E-state index is 0.0627. The third kappa shape index (κ3) is 3.53. The number of nitro benzene ring substituents is 1. The van der Waals surface area contributed by atoms with E-state index in [1.54, 1.807) is 24.3 Å². The highest BCUT2D eigenvalue weighted by molar-refractivity contribution is 5.91. The van der Waals surface area contributed by atoms with Crippen LogP contribution in [0.5, 0.6) is 11.6 Å². The lowest BCUT2D eigenvalue weighted by atomic mass is 10.1. The summed E-state index contributed by atoms with van der Waals surface area (Å²) in [4.78, 5) is 40.9. The molecule has 4 rings (SSSR count). The van der Waals surface area contributed by atoms with E-state index in [1.165, 1.54) is 6.07 Å². The second-order valence-corrected chi connectivity index (χ2v) is 6.52. The van der Waals surface area contributed by atoms with Crippen LogP contribution in [0, 0.1) is 10.1 Å². The van der Waals surface area contributed by atoms with Crippen molar-refractivity contribution in [2.24, 2.45) is 4.99 Å². The average Bonchev–Trinajstić information content (AvgIpc) is 2.74. The summed E-state index contributed by atoms with van der Waals surface area (Å²) in [5, 5.41) is 32.9. The van der Waals surface area contributed by atoms with Gasteiger partial charge in [0.25, 0.3) is 11.2 Å². The zero-order valence-electron chi connectivity index (χ0n) is 15.7. The second kappa shape index (κ2) is 7.59. The first kappa shape index (κ1) is 19.6. The van der Waals surface area contributed by atoms with Gasteiger partial charge >= 0.3 is 5.69 Å². The molecular formula is C21H14N4O6. The lowest BCUT2D eigenvalue weighted by molar-refractivity contribution is -0.384. The SMILES string of the molecule is O=c1[nH]c(=O)n(-c2cccc3ccccc23)c(O)c1C=Nc1ccc([N+](=O)[O-])cc1O. The Bertz CT molecular complexity index is 1480. The largest absolute Gasteiger partial charge is 0.505 e. The molecule has 1 heterocycles. The van der Waals surface area contributed by atoms with Crippen LogP contribution in [-0.2, 0) is 0 Å². The molecule has 10 nitrogen and oxygen atoms in total. The lowest BCUT2D eigenvalue weighted by Gasteiger charge is -2.12. The van der Waals surface area contributed by atoms with E-state index in [1.807, 2.05) is 18.2 Å². The van der Waals surface area contributed by atoms with Gasteiger partial charge in [-0.15, -0.1) is 0 Å². The van der Waals surface area contributed by atoms with Crippen molar-refractivity contribution in [2.45, 2.75) is 0 Å². The van der Waals surface area contributed by atoms with E-state index in [0.717, 1.165) is 28.3 Å². The Labute approximate surface area is 173 Å². The molecule has 1 aromatic heterocycles. The molecule has 31 heavy (non-hydrogen) atoms. The number of aromatic nitrogens is 2. The molecule has 0 amide bonds. The van der Waals surface area contributed by atoms with Crippen molar-refractivity contribution in [3.63, 3.8) is 0 Å². The summed E-state index contributed by atoms with van der Waals surface area (Å²) in [5.74, 6) is -1.13. The van der Waals surface area contributed by atoms with Gasteiger partial charge in [0.1, 0.15) is 17.0 Å². The Balaban J connectivity index is 1.86. The van der Waals surface area contributed by atoms with Crippen molar-refractivity contribution in [3.05, 3.63) is 97.2 Å². The smallest absolute Gasteiger partial charge is 0.335 e. The highest BCUT2D eigenvalue weighted by Crippen LogP contribution is 2.30. The first-order valence-corrected chi connectivity index (χ1v) is 8.94. The number of non-ortho nitro benzene ring substituents is 1. The first-order valence-electron chi connectivity index (χ1n) is 8.94. The standard InChI is InChI=1S/C21H14N4O6/c26-18-10-13(25(30)31)8-9-16(18)22-11-15-19(27)23-21(29)24(20(15)28)17-7-3-5-12-4-1-2-6-14(12)17/h1-11,26,28H,(H,23,27,29). The monoisotopic (exact) mass is 418 g/mol. The molecule has 3 N–H and O–H groups in total. The molecule has 0 fully saturated rings. The fourth-order valence-electron chi connectivity index (χ4n) is 3.15. The minimum Gasteiger partial charge on any atom is -0.505 e. The van der Waals surface area contributed by atoms with Gasteiger partial charge in [0.2, 0.25) is 5.88 Å². The van der Waals surface area contributed by atoms with Gasteiger partial charge in [0.15, 0.2) is 0 Å². The Morgan fingerprint density at radius 1 is 1.03 bits per heavy atom. The molecule has 0 aliphatic rings. The predicted octanol–water partition coefficient (Wildman–Crippen LogP) is 2.75. The number of fused-ring (bicyclic) bond motifs is 1. The summed E-state index contributed by atoms with van der Waals surface area (Å²) >= 11 is 0. The molecule has 0 aliphatic carbocycles. The molecule has 0 spiro atoms. The van der Waals surface area contributed by atoms with Gasteiger partial charge in [-0.3, -0.25) is 24.9 Å². The maximum atomic E-state index is 12.5. The van der Waals surface area contributed by atoms with Crippen molar-refractivity contribution >= 4 is 28.4 Å². The number of aromatic amines is 1. The third-order valence-electron chi connectivity index (χ3n) is 4.63. The van der Waals surface area contributed by atoms with Gasteiger partial charge in [0.05, 0.1) is 16.7 Å². The van der Waals surface area contributed by atoms with Crippen LogP contribution in [0.1, 0.15) is 5.56 Å². The van der Waals surface area contributed by atoms with E-state index in [0.29, 0.717) is 11.1 Å². The molecule has 0 saturated heterocycles. The predicted molar refractivity (Wildman–Crippen MR) is 114 cm³/mol. The number of nitrogens with zero attached hydrogens (tertiary/aromatic N) is 3. The van der Waals surface area contributed by atoms with Crippen LogP contribution < -0.4 is 11.2 Å². The van der Waals surface area contributed by atoms with Crippen LogP contribution >= 0.6 is 0 Å². The number of aliphatic imine (C=N–C) groups is 1. The van der Waals surface area contributed by atoms with Crippen LogP contribution in [0.15, 0.2) is 75.2 Å². The first-order chi connectivity index (χ1) is 14.9. The summed E-state index contributed by atoms with van der Waals surface area (Å²) in [5.41, 5.74) is -2.10. The number of aromatic hydroxyl groups is 2. The maximum absolute atomic E-state index is 12.5. The van der Waals surface area contributed by atoms with Crippen LogP contribution in [0.4, 0.5) is 11.4 Å². The fourth-order valence-corrected chi connectivity index (χ4v) is 3.15. The number of benzene rings is 3. The Morgan fingerprint density at radius 2 is 1.77 bits per heavy atom. The van der Waals surface area contributed by atoms with Crippen LogP contribution in [0.3, 0.4) is 0 Å². The van der Waals surface area contributed by atoms with E-state index in [2.05, 4.69) is 9.98 Å². The highest BCUT2D eigenvalue weighted by atomic mass is 16.6. The molecule has 0 atom stereocenters. The molecule has 154 valence electrons. The minimum atomic E-state index is -0.885. The van der Waals surface area contributed by atoms with Crippen molar-refractivity contribution in [1.29, 1.82) is 0 Å². The molecule has 0 aliphatic heterocycles. The summed E-state index contributed by atoms with van der Waals surface area (Å²) in [7, 11) is 0. The third-order valence-corrected chi connectivity index (χ3v) is 4.63. The molecule has 0 saturated carbocycles. The van der Waals surface area contributed by atoms with E-state index in [4.69, 9.17) is 0 Å². The van der Waals surface area contributed by atoms with Gasteiger partial charge < -0.3 is 10.2 Å². The highest BCUT2D eigenvalue weighted by Gasteiger charge is 2.16. The Morgan fingerprint density at radius 3 is 2.52 bits per heavy atom. The fraction of sp³-hybridized carbons (Fsp3) is 0.